The number of carbonyl (C=O) groups is 2. The van der Waals surface area contributed by atoms with Crippen LogP contribution in [0.3, 0.4) is 0 Å². The maximum atomic E-state index is 12.9. The van der Waals surface area contributed by atoms with Crippen LogP contribution in [0, 0.1) is 13.8 Å². The normalized spacial score (nSPS) is 11.0. The summed E-state index contributed by atoms with van der Waals surface area (Å²) in [6.07, 6.45) is -0.0480. The Labute approximate surface area is 165 Å². The van der Waals surface area contributed by atoms with Crippen molar-refractivity contribution in [2.75, 3.05) is 5.32 Å². The molecule has 146 valence electrons. The van der Waals surface area contributed by atoms with Crippen molar-refractivity contribution in [1.82, 2.24) is 0 Å². The number of hydrogen-bond acceptors (Lipinski definition) is 6. The molecule has 8 heteroatoms. The second-order valence-corrected chi connectivity index (χ2v) is 7.83. The highest BCUT2D eigenvalue weighted by Gasteiger charge is 2.21. The van der Waals surface area contributed by atoms with Crippen LogP contribution in [0.4, 0.5) is 5.00 Å². The first kappa shape index (κ1) is 19.6. The summed E-state index contributed by atoms with van der Waals surface area (Å²) >= 11 is 1.26. The van der Waals surface area contributed by atoms with E-state index in [4.69, 9.17) is 14.9 Å². The van der Waals surface area contributed by atoms with E-state index in [0.29, 0.717) is 16.1 Å². The number of thiophene rings is 1. The highest BCUT2D eigenvalue weighted by atomic mass is 32.1. The van der Waals surface area contributed by atoms with Crippen LogP contribution in [-0.4, -0.2) is 17.9 Å². The van der Waals surface area contributed by atoms with Gasteiger partial charge in [-0.25, -0.2) is 4.79 Å². The van der Waals surface area contributed by atoms with Crippen molar-refractivity contribution in [2.24, 2.45) is 5.73 Å². The highest BCUT2D eigenvalue weighted by Crippen LogP contribution is 2.33. The number of amides is 2. The first-order valence-corrected chi connectivity index (χ1v) is 9.44. The van der Waals surface area contributed by atoms with E-state index >= 15 is 0 Å². The van der Waals surface area contributed by atoms with Crippen LogP contribution in [0.5, 0.6) is 5.75 Å². The SMILES string of the molecule is Cc1sc(NC(=O)c2cc(=O)oc3cc(OC(C)C)ccc23)c(C(N)=O)c1C. The van der Waals surface area contributed by atoms with Crippen LogP contribution in [0.25, 0.3) is 11.0 Å². The molecule has 0 aliphatic carbocycles. The molecular weight excluding hydrogens is 380 g/mol. The Balaban J connectivity index is 2.04. The summed E-state index contributed by atoms with van der Waals surface area (Å²) < 4.78 is 10.8. The zero-order valence-corrected chi connectivity index (χ0v) is 16.7. The zero-order valence-electron chi connectivity index (χ0n) is 15.9. The van der Waals surface area contributed by atoms with Crippen molar-refractivity contribution in [3.8, 4) is 5.75 Å². The third-order valence-electron chi connectivity index (χ3n) is 4.19. The van der Waals surface area contributed by atoms with Crippen molar-refractivity contribution in [2.45, 2.75) is 33.8 Å². The molecule has 2 amide bonds. The van der Waals surface area contributed by atoms with E-state index in [1.807, 2.05) is 20.8 Å². The van der Waals surface area contributed by atoms with Crippen molar-refractivity contribution >= 4 is 39.1 Å². The van der Waals surface area contributed by atoms with E-state index in [2.05, 4.69) is 5.32 Å². The number of ether oxygens (including phenoxy) is 1. The predicted octanol–water partition coefficient (Wildman–Crippen LogP) is 3.61. The number of anilines is 1. The number of primary amides is 1. The maximum absolute atomic E-state index is 12.9. The Bertz CT molecular complexity index is 1140. The smallest absolute Gasteiger partial charge is 0.337 e. The summed E-state index contributed by atoms with van der Waals surface area (Å²) in [6, 6.07) is 6.05. The fraction of sp³-hybridized carbons (Fsp3) is 0.250. The minimum atomic E-state index is -0.659. The fourth-order valence-corrected chi connectivity index (χ4v) is 3.92. The lowest BCUT2D eigenvalue weighted by atomic mass is 10.1. The predicted molar refractivity (Wildman–Crippen MR) is 109 cm³/mol. The van der Waals surface area contributed by atoms with Crippen LogP contribution in [0.1, 0.15) is 45.0 Å². The average molecular weight is 400 g/mol. The van der Waals surface area contributed by atoms with Crippen LogP contribution >= 0.6 is 11.3 Å². The molecular formula is C20H20N2O5S. The first-order valence-electron chi connectivity index (χ1n) is 8.63. The molecule has 0 aliphatic rings. The fourth-order valence-electron chi connectivity index (χ4n) is 2.86. The number of nitrogens with two attached hydrogens (primary N) is 1. The van der Waals surface area contributed by atoms with Gasteiger partial charge in [0.15, 0.2) is 0 Å². The van der Waals surface area contributed by atoms with Crippen molar-refractivity contribution in [1.29, 1.82) is 0 Å². The Kier molecular flexibility index (Phi) is 5.24. The summed E-state index contributed by atoms with van der Waals surface area (Å²) in [5.41, 5.74) is 6.17. The van der Waals surface area contributed by atoms with Gasteiger partial charge in [0, 0.05) is 22.4 Å². The molecule has 0 atom stereocenters. The number of rotatable bonds is 5. The molecule has 0 fully saturated rings. The van der Waals surface area contributed by atoms with Gasteiger partial charge in [-0.15, -0.1) is 11.3 Å². The lowest BCUT2D eigenvalue weighted by Gasteiger charge is -2.11. The van der Waals surface area contributed by atoms with Crippen LogP contribution in [0.2, 0.25) is 0 Å². The Morgan fingerprint density at radius 3 is 2.57 bits per heavy atom. The van der Waals surface area contributed by atoms with Crippen LogP contribution in [-0.2, 0) is 0 Å². The molecule has 0 radical (unpaired) electrons. The van der Waals surface area contributed by atoms with Crippen molar-refractivity contribution in [3.63, 3.8) is 0 Å². The molecule has 3 rings (SSSR count). The van der Waals surface area contributed by atoms with Gasteiger partial charge in [-0.2, -0.15) is 0 Å². The number of fused-ring (bicyclic) bond motifs is 1. The molecule has 0 spiro atoms. The van der Waals surface area contributed by atoms with Gasteiger partial charge < -0.3 is 20.2 Å². The zero-order chi connectivity index (χ0) is 20.6. The summed E-state index contributed by atoms with van der Waals surface area (Å²) in [5.74, 6) is -0.618. The number of nitrogens with one attached hydrogen (secondary N) is 1. The van der Waals surface area contributed by atoms with Gasteiger partial charge in [0.05, 0.1) is 17.2 Å². The van der Waals surface area contributed by atoms with E-state index in [9.17, 15) is 14.4 Å². The summed E-state index contributed by atoms with van der Waals surface area (Å²) in [7, 11) is 0. The standard InChI is InChI=1S/C20H20N2O5S/c1-9(2)26-12-5-6-13-14(8-16(23)27-15(13)7-12)19(25)22-20-17(18(21)24)10(3)11(4)28-20/h5-9H,1-4H3,(H2,21,24)(H,22,25). The Hall–Kier alpha value is -3.13. The van der Waals surface area contributed by atoms with Gasteiger partial charge in [0.2, 0.25) is 0 Å². The highest BCUT2D eigenvalue weighted by molar-refractivity contribution is 7.16. The first-order chi connectivity index (χ1) is 13.2. The van der Waals surface area contributed by atoms with Gasteiger partial charge in [0.25, 0.3) is 11.8 Å². The second kappa shape index (κ2) is 7.47. The van der Waals surface area contributed by atoms with Crippen LogP contribution in [0.15, 0.2) is 33.5 Å². The number of aryl methyl sites for hydroxylation is 1. The third-order valence-corrected chi connectivity index (χ3v) is 5.31. The topological polar surface area (TPSA) is 112 Å². The molecule has 28 heavy (non-hydrogen) atoms. The van der Waals surface area contributed by atoms with Gasteiger partial charge in [0.1, 0.15) is 16.3 Å². The third kappa shape index (κ3) is 3.77. The number of benzene rings is 1. The monoisotopic (exact) mass is 400 g/mol. The molecule has 7 nitrogen and oxygen atoms in total. The summed E-state index contributed by atoms with van der Waals surface area (Å²) in [5, 5.41) is 3.52. The lowest BCUT2D eigenvalue weighted by molar-refractivity contribution is 0.100. The van der Waals surface area contributed by atoms with E-state index in [0.717, 1.165) is 16.5 Å². The van der Waals surface area contributed by atoms with E-state index in [-0.39, 0.29) is 22.8 Å². The van der Waals surface area contributed by atoms with Gasteiger partial charge >= 0.3 is 5.63 Å². The van der Waals surface area contributed by atoms with Gasteiger partial charge in [-0.05, 0) is 45.4 Å². The van der Waals surface area contributed by atoms with E-state index in [1.54, 1.807) is 25.1 Å². The van der Waals surface area contributed by atoms with Gasteiger partial charge in [-0.3, -0.25) is 9.59 Å². The quantitative estimate of drug-likeness (QED) is 0.636. The molecule has 0 bridgehead atoms. The molecule has 1 aromatic carbocycles. The molecule has 0 unspecified atom stereocenters. The van der Waals surface area contributed by atoms with Crippen molar-refractivity contribution in [3.05, 3.63) is 56.3 Å². The molecule has 2 aromatic heterocycles. The Morgan fingerprint density at radius 1 is 1.21 bits per heavy atom. The second-order valence-electron chi connectivity index (χ2n) is 6.61. The minimum Gasteiger partial charge on any atom is -0.491 e. The molecule has 3 N–H and O–H groups in total. The summed E-state index contributed by atoms with van der Waals surface area (Å²) in [4.78, 5) is 37.5. The maximum Gasteiger partial charge on any atom is 0.337 e. The minimum absolute atomic E-state index is 0.0480. The van der Waals surface area contributed by atoms with Crippen molar-refractivity contribution < 1.29 is 18.7 Å². The molecule has 0 saturated heterocycles. The molecule has 0 aliphatic heterocycles. The van der Waals surface area contributed by atoms with E-state index < -0.39 is 17.4 Å². The average Bonchev–Trinajstić information content (AvgIpc) is 2.87. The van der Waals surface area contributed by atoms with E-state index in [1.165, 1.54) is 11.3 Å². The Morgan fingerprint density at radius 2 is 1.93 bits per heavy atom. The van der Waals surface area contributed by atoms with Gasteiger partial charge in [-0.1, -0.05) is 0 Å². The number of carbonyl (C=O) groups excluding carboxylic acids is 2. The largest absolute Gasteiger partial charge is 0.491 e. The lowest BCUT2D eigenvalue weighted by Crippen LogP contribution is -2.18. The molecule has 3 aromatic rings. The van der Waals surface area contributed by atoms with Crippen LogP contribution < -0.4 is 21.4 Å². The molecule has 0 saturated carbocycles. The molecule has 2 heterocycles. The number of hydrogen-bond donors (Lipinski definition) is 2. The summed E-state index contributed by atoms with van der Waals surface area (Å²) in [6.45, 7) is 7.37.